The van der Waals surface area contributed by atoms with E-state index in [9.17, 15) is 31.2 Å². The molecule has 1 atom stereocenters. The van der Waals surface area contributed by atoms with Crippen LogP contribution >= 0.6 is 0 Å². The van der Waals surface area contributed by atoms with Gasteiger partial charge in [-0.25, -0.2) is 36.5 Å². The molecule has 12 nitrogen and oxygen atoms in total. The van der Waals surface area contributed by atoms with Crippen LogP contribution < -0.4 is 10.6 Å². The highest BCUT2D eigenvalue weighted by Gasteiger charge is 2.37. The van der Waals surface area contributed by atoms with Crippen molar-refractivity contribution in [3.05, 3.63) is 81.9 Å². The number of carbonyl (C=O) groups excluding carboxylic acids is 1. The van der Waals surface area contributed by atoms with E-state index in [0.29, 0.717) is 31.9 Å². The maximum absolute atomic E-state index is 16.1. The van der Waals surface area contributed by atoms with Gasteiger partial charge in [-0.3, -0.25) is 9.69 Å². The number of halogens is 5. The van der Waals surface area contributed by atoms with Crippen molar-refractivity contribution < 1.29 is 39.9 Å². The van der Waals surface area contributed by atoms with Crippen LogP contribution in [0.15, 0.2) is 58.5 Å². The minimum atomic E-state index is -5.11. The number of amides is 1. The molecule has 5 heterocycles. The normalized spacial score (nSPS) is 17.7. The second kappa shape index (κ2) is 14.3. The molecule has 276 valence electrons. The summed E-state index contributed by atoms with van der Waals surface area (Å²) in [6.07, 6.45) is 0.188. The molecule has 3 aromatic heterocycles. The summed E-state index contributed by atoms with van der Waals surface area (Å²) in [5.41, 5.74) is -5.45. The number of sulfone groups is 1. The van der Waals surface area contributed by atoms with E-state index in [1.54, 1.807) is 22.8 Å². The molecule has 1 aromatic carbocycles. The van der Waals surface area contributed by atoms with Gasteiger partial charge < -0.3 is 14.5 Å². The van der Waals surface area contributed by atoms with Crippen LogP contribution in [0.5, 0.6) is 0 Å². The zero-order chi connectivity index (χ0) is 37.5. The highest BCUT2D eigenvalue weighted by atomic mass is 32.2. The highest BCUT2D eigenvalue weighted by molar-refractivity contribution is 7.90. The van der Waals surface area contributed by atoms with Gasteiger partial charge in [-0.15, -0.1) is 0 Å². The Hall–Kier alpha value is -4.81. The van der Waals surface area contributed by atoms with E-state index in [0.717, 1.165) is 36.0 Å². The molecule has 2 aliphatic heterocycles. The number of hydrogen-bond donors (Lipinski definition) is 0. The van der Waals surface area contributed by atoms with E-state index in [1.165, 1.54) is 25.3 Å². The Morgan fingerprint density at radius 3 is 2.46 bits per heavy atom. The fourth-order valence-electron chi connectivity index (χ4n) is 6.44. The van der Waals surface area contributed by atoms with Crippen molar-refractivity contribution in [1.29, 1.82) is 0 Å². The molecule has 0 bridgehead atoms. The summed E-state index contributed by atoms with van der Waals surface area (Å²) in [7, 11) is -4.13. The second-order valence-corrected chi connectivity index (χ2v) is 14.5. The predicted molar refractivity (Wildman–Crippen MR) is 181 cm³/mol. The largest absolute Gasteiger partial charge is 0.417 e. The molecule has 0 saturated carbocycles. The summed E-state index contributed by atoms with van der Waals surface area (Å²) in [6.45, 7) is 7.00. The van der Waals surface area contributed by atoms with E-state index < -0.39 is 66.9 Å². The van der Waals surface area contributed by atoms with Gasteiger partial charge in [-0.05, 0) is 43.7 Å². The topological polar surface area (TPSA) is 131 Å². The van der Waals surface area contributed by atoms with Crippen LogP contribution in [0.4, 0.5) is 27.8 Å². The SMILES string of the molecule is Cc1ccnc(S(C)(=O)=O)c1-n1c(=O)nc(N2CCN(C(=O)/C=C/CN3CCOCC3)C[C@@H]2C)c2cc(F)c(-c3c(F)cccc3C(F)(F)F)nc21. The fraction of sp³-hybridized carbons (Fsp3) is 0.382. The lowest BCUT2D eigenvalue weighted by Crippen LogP contribution is -2.54. The molecule has 0 aliphatic carbocycles. The molecule has 1 amide bonds. The molecular formula is C34H34F5N7O5S. The summed E-state index contributed by atoms with van der Waals surface area (Å²) in [5.74, 6) is -3.12. The maximum atomic E-state index is 16.1. The summed E-state index contributed by atoms with van der Waals surface area (Å²) in [5, 5.41) is -0.743. The number of rotatable bonds is 7. The van der Waals surface area contributed by atoms with Crippen LogP contribution in [0.3, 0.4) is 0 Å². The number of aryl methyl sites for hydroxylation is 1. The lowest BCUT2D eigenvalue weighted by molar-refractivity contribution is -0.137. The Bertz CT molecular complexity index is 2240. The number of piperazine rings is 1. The molecule has 6 rings (SSSR count). The third kappa shape index (κ3) is 7.27. The number of benzene rings is 1. The first-order valence-electron chi connectivity index (χ1n) is 16.2. The van der Waals surface area contributed by atoms with Gasteiger partial charge in [0.05, 0.1) is 35.4 Å². The van der Waals surface area contributed by atoms with E-state index in [-0.39, 0.29) is 48.0 Å². The van der Waals surface area contributed by atoms with Gasteiger partial charge in [0.1, 0.15) is 17.3 Å². The third-order valence-electron chi connectivity index (χ3n) is 8.96. The predicted octanol–water partition coefficient (Wildman–Crippen LogP) is 3.78. The van der Waals surface area contributed by atoms with Gasteiger partial charge in [0.2, 0.25) is 5.91 Å². The molecule has 2 saturated heterocycles. The van der Waals surface area contributed by atoms with E-state index in [1.807, 2.05) is 0 Å². The van der Waals surface area contributed by atoms with Gasteiger partial charge in [-0.2, -0.15) is 18.2 Å². The fourth-order valence-corrected chi connectivity index (χ4v) is 7.29. The van der Waals surface area contributed by atoms with E-state index in [4.69, 9.17) is 4.74 Å². The summed E-state index contributed by atoms with van der Waals surface area (Å²) < 4.78 is 105. The van der Waals surface area contributed by atoms with Crippen molar-refractivity contribution in [3.8, 4) is 16.9 Å². The lowest BCUT2D eigenvalue weighted by Gasteiger charge is -2.40. The van der Waals surface area contributed by atoms with Gasteiger partial charge in [0.15, 0.2) is 26.3 Å². The van der Waals surface area contributed by atoms with Gasteiger partial charge in [0, 0.05) is 63.8 Å². The van der Waals surface area contributed by atoms with Gasteiger partial charge in [-0.1, -0.05) is 12.1 Å². The van der Waals surface area contributed by atoms with Crippen molar-refractivity contribution in [3.63, 3.8) is 0 Å². The van der Waals surface area contributed by atoms with Crippen molar-refractivity contribution in [2.75, 3.05) is 63.6 Å². The van der Waals surface area contributed by atoms with Crippen LogP contribution in [0.25, 0.3) is 28.0 Å². The quantitative estimate of drug-likeness (QED) is 0.204. The molecule has 52 heavy (non-hydrogen) atoms. The number of aromatic nitrogens is 4. The lowest BCUT2D eigenvalue weighted by atomic mass is 10.0. The maximum Gasteiger partial charge on any atom is 0.417 e. The molecule has 0 spiro atoms. The number of nitrogens with zero attached hydrogens (tertiary/aromatic N) is 7. The highest BCUT2D eigenvalue weighted by Crippen LogP contribution is 2.40. The van der Waals surface area contributed by atoms with Crippen molar-refractivity contribution in [1.82, 2.24) is 29.3 Å². The van der Waals surface area contributed by atoms with Crippen LogP contribution in [0.2, 0.25) is 0 Å². The van der Waals surface area contributed by atoms with E-state index >= 15 is 8.78 Å². The molecule has 2 fully saturated rings. The Labute approximate surface area is 295 Å². The first kappa shape index (κ1) is 37.0. The third-order valence-corrected chi connectivity index (χ3v) is 9.96. The number of anilines is 1. The monoisotopic (exact) mass is 747 g/mol. The molecular weight excluding hydrogens is 713 g/mol. The Morgan fingerprint density at radius 1 is 1.06 bits per heavy atom. The number of pyridine rings is 2. The van der Waals surface area contributed by atoms with Crippen LogP contribution in [0.1, 0.15) is 18.1 Å². The van der Waals surface area contributed by atoms with Crippen molar-refractivity contribution in [2.24, 2.45) is 0 Å². The summed E-state index contributed by atoms with van der Waals surface area (Å²) in [6, 6.07) is 3.80. The second-order valence-electron chi connectivity index (χ2n) is 12.6. The zero-order valence-electron chi connectivity index (χ0n) is 28.3. The number of carbonyl (C=O) groups is 1. The Balaban J connectivity index is 1.48. The average Bonchev–Trinajstić information content (AvgIpc) is 3.08. The molecule has 0 unspecified atom stereocenters. The van der Waals surface area contributed by atoms with Crippen molar-refractivity contribution >= 4 is 32.6 Å². The van der Waals surface area contributed by atoms with Crippen molar-refractivity contribution in [2.45, 2.75) is 31.1 Å². The molecule has 0 radical (unpaired) electrons. The Kier molecular flexibility index (Phi) is 10.2. The van der Waals surface area contributed by atoms with Crippen LogP contribution in [-0.4, -0.2) is 108 Å². The number of alkyl halides is 3. The smallest absolute Gasteiger partial charge is 0.379 e. The minimum absolute atomic E-state index is 0.108. The Morgan fingerprint density at radius 2 is 1.79 bits per heavy atom. The number of ether oxygens (including phenoxy) is 1. The number of morpholine rings is 1. The zero-order valence-corrected chi connectivity index (χ0v) is 29.1. The molecule has 18 heteroatoms. The van der Waals surface area contributed by atoms with Gasteiger partial charge in [0.25, 0.3) is 0 Å². The first-order valence-corrected chi connectivity index (χ1v) is 18.1. The summed E-state index contributed by atoms with van der Waals surface area (Å²) >= 11 is 0. The van der Waals surface area contributed by atoms with Crippen LogP contribution in [-0.2, 0) is 25.5 Å². The average molecular weight is 748 g/mol. The standard InChI is InChI=1S/C34H34F5N7O5S/c1-20-9-10-40-32(52(3,49)50)29(20)46-31-22(18-25(36)28(41-31)27-23(34(37,38)39)6-4-7-24(27)35)30(42-33(46)48)45-13-12-44(19-21(45)2)26(47)8-5-11-43-14-16-51-17-15-43/h4-10,18,21H,11-17,19H2,1-3H3/b8-5+/t21-/m0/s1. The molecule has 4 aromatic rings. The minimum Gasteiger partial charge on any atom is -0.379 e. The molecule has 0 N–H and O–H groups in total. The number of hydrogen-bond acceptors (Lipinski definition) is 10. The summed E-state index contributed by atoms with van der Waals surface area (Å²) in [4.78, 5) is 44.8. The first-order chi connectivity index (χ1) is 24.6. The molecule has 2 aliphatic rings. The van der Waals surface area contributed by atoms with E-state index in [2.05, 4.69) is 19.9 Å². The van der Waals surface area contributed by atoms with Gasteiger partial charge >= 0.3 is 11.9 Å². The van der Waals surface area contributed by atoms with Crippen LogP contribution in [0, 0.1) is 18.6 Å². The number of fused-ring (bicyclic) bond motifs is 1.